The highest BCUT2D eigenvalue weighted by molar-refractivity contribution is 5.90. The molecule has 3 rings (SSSR count). The molecule has 2 aromatic carbocycles. The van der Waals surface area contributed by atoms with Gasteiger partial charge in [0.2, 0.25) is 5.91 Å². The highest BCUT2D eigenvalue weighted by Crippen LogP contribution is 2.19. The van der Waals surface area contributed by atoms with E-state index in [0.29, 0.717) is 26.2 Å². The lowest BCUT2D eigenvalue weighted by atomic mass is 9.97. The molecule has 1 aliphatic rings. The highest BCUT2D eigenvalue weighted by Gasteiger charge is 2.28. The predicted octanol–water partition coefficient (Wildman–Crippen LogP) is 3.39. The molecule has 1 heterocycles. The van der Waals surface area contributed by atoms with E-state index in [1.54, 1.807) is 12.0 Å². The summed E-state index contributed by atoms with van der Waals surface area (Å²) >= 11 is 0. The van der Waals surface area contributed by atoms with Crippen LogP contribution < -0.4 is 10.6 Å². The topological polar surface area (TPSA) is 70.7 Å². The van der Waals surface area contributed by atoms with Crippen molar-refractivity contribution in [1.29, 1.82) is 0 Å². The molecule has 2 N–H and O–H groups in total. The van der Waals surface area contributed by atoms with E-state index in [2.05, 4.69) is 10.6 Å². The number of piperidine rings is 1. The second-order valence-electron chi connectivity index (χ2n) is 7.00. The number of amides is 3. The molecule has 0 bridgehead atoms. The molecule has 0 spiro atoms. The summed E-state index contributed by atoms with van der Waals surface area (Å²) < 4.78 is 5.22. The van der Waals surface area contributed by atoms with E-state index in [4.69, 9.17) is 4.74 Å². The van der Waals surface area contributed by atoms with Gasteiger partial charge in [0.05, 0.1) is 12.5 Å². The third-order valence-electron chi connectivity index (χ3n) is 4.98. The number of nitrogens with one attached hydrogen (secondary N) is 2. The monoisotopic (exact) mass is 381 g/mol. The third-order valence-corrected chi connectivity index (χ3v) is 4.98. The van der Waals surface area contributed by atoms with Crippen LogP contribution in [0, 0.1) is 5.92 Å². The van der Waals surface area contributed by atoms with Crippen molar-refractivity contribution in [1.82, 2.24) is 10.2 Å². The SMILES string of the molecule is COCc1ccccc1CNC(=O)C1CCCN(C(=O)Nc2ccccc2)C1. The van der Waals surface area contributed by atoms with E-state index in [-0.39, 0.29) is 17.9 Å². The molecular formula is C22H27N3O3. The first-order valence-corrected chi connectivity index (χ1v) is 9.62. The molecular weight excluding hydrogens is 354 g/mol. The van der Waals surface area contributed by atoms with Crippen LogP contribution in [0.15, 0.2) is 54.6 Å². The number of carbonyl (C=O) groups is 2. The number of urea groups is 1. The molecule has 0 aromatic heterocycles. The molecule has 0 radical (unpaired) electrons. The number of anilines is 1. The van der Waals surface area contributed by atoms with Crippen LogP contribution in [-0.2, 0) is 22.7 Å². The zero-order valence-corrected chi connectivity index (χ0v) is 16.2. The minimum Gasteiger partial charge on any atom is -0.380 e. The molecule has 6 heteroatoms. The zero-order chi connectivity index (χ0) is 19.8. The average molecular weight is 381 g/mol. The van der Waals surface area contributed by atoms with Gasteiger partial charge in [0.1, 0.15) is 0 Å². The van der Waals surface area contributed by atoms with E-state index in [9.17, 15) is 9.59 Å². The van der Waals surface area contributed by atoms with E-state index in [1.807, 2.05) is 54.6 Å². The van der Waals surface area contributed by atoms with Crippen LogP contribution in [0.4, 0.5) is 10.5 Å². The number of benzene rings is 2. The van der Waals surface area contributed by atoms with E-state index >= 15 is 0 Å². The van der Waals surface area contributed by atoms with Gasteiger partial charge in [0.15, 0.2) is 0 Å². The quantitative estimate of drug-likeness (QED) is 0.806. The minimum atomic E-state index is -0.190. The van der Waals surface area contributed by atoms with Crippen molar-refractivity contribution in [3.63, 3.8) is 0 Å². The Labute approximate surface area is 165 Å². The van der Waals surface area contributed by atoms with Crippen LogP contribution in [0.2, 0.25) is 0 Å². The molecule has 1 aliphatic heterocycles. The molecule has 28 heavy (non-hydrogen) atoms. The predicted molar refractivity (Wildman–Crippen MR) is 109 cm³/mol. The van der Waals surface area contributed by atoms with Crippen LogP contribution in [0.25, 0.3) is 0 Å². The molecule has 0 saturated carbocycles. The zero-order valence-electron chi connectivity index (χ0n) is 16.2. The van der Waals surface area contributed by atoms with Gasteiger partial charge in [0, 0.05) is 32.4 Å². The van der Waals surface area contributed by atoms with Crippen molar-refractivity contribution >= 4 is 17.6 Å². The van der Waals surface area contributed by atoms with Crippen LogP contribution >= 0.6 is 0 Å². The second kappa shape index (κ2) is 9.90. The first-order valence-electron chi connectivity index (χ1n) is 9.62. The highest BCUT2D eigenvalue weighted by atomic mass is 16.5. The summed E-state index contributed by atoms with van der Waals surface area (Å²) in [7, 11) is 1.66. The molecule has 2 aromatic rings. The van der Waals surface area contributed by atoms with Crippen molar-refractivity contribution in [2.45, 2.75) is 26.0 Å². The summed E-state index contributed by atoms with van der Waals surface area (Å²) in [6.07, 6.45) is 1.61. The number of methoxy groups -OCH3 is 1. The van der Waals surface area contributed by atoms with Crippen LogP contribution in [0.3, 0.4) is 0 Å². The number of likely N-dealkylation sites (tertiary alicyclic amines) is 1. The van der Waals surface area contributed by atoms with Crippen molar-refractivity contribution < 1.29 is 14.3 Å². The lowest BCUT2D eigenvalue weighted by Crippen LogP contribution is -2.46. The van der Waals surface area contributed by atoms with Crippen LogP contribution in [0.1, 0.15) is 24.0 Å². The third kappa shape index (κ3) is 5.33. The maximum absolute atomic E-state index is 12.7. The van der Waals surface area contributed by atoms with Gasteiger partial charge in [-0.1, -0.05) is 42.5 Å². The molecule has 1 unspecified atom stereocenters. The van der Waals surface area contributed by atoms with Crippen molar-refractivity contribution in [2.24, 2.45) is 5.92 Å². The average Bonchev–Trinajstić information content (AvgIpc) is 2.74. The summed E-state index contributed by atoms with van der Waals surface area (Å²) in [6, 6.07) is 17.1. The lowest BCUT2D eigenvalue weighted by molar-refractivity contribution is -0.126. The number of nitrogens with zero attached hydrogens (tertiary/aromatic N) is 1. The fourth-order valence-corrected chi connectivity index (χ4v) is 3.45. The normalized spacial score (nSPS) is 16.5. The number of carbonyl (C=O) groups excluding carboxylic acids is 2. The van der Waals surface area contributed by atoms with Crippen molar-refractivity contribution in [3.8, 4) is 0 Å². The van der Waals surface area contributed by atoms with E-state index in [1.165, 1.54) is 0 Å². The fourth-order valence-electron chi connectivity index (χ4n) is 3.45. The largest absolute Gasteiger partial charge is 0.380 e. The number of ether oxygens (including phenoxy) is 1. The summed E-state index contributed by atoms with van der Waals surface area (Å²) in [5.41, 5.74) is 2.87. The molecule has 1 saturated heterocycles. The van der Waals surface area contributed by atoms with Gasteiger partial charge in [-0.25, -0.2) is 4.79 Å². The Morgan fingerprint density at radius 1 is 1.07 bits per heavy atom. The summed E-state index contributed by atoms with van der Waals surface area (Å²) in [5, 5.41) is 5.92. The molecule has 1 atom stereocenters. The smallest absolute Gasteiger partial charge is 0.321 e. The van der Waals surface area contributed by atoms with Gasteiger partial charge in [-0.05, 0) is 36.1 Å². The van der Waals surface area contributed by atoms with Crippen molar-refractivity contribution in [2.75, 3.05) is 25.5 Å². The van der Waals surface area contributed by atoms with Gasteiger partial charge < -0.3 is 20.3 Å². The Kier molecular flexibility index (Phi) is 7.03. The minimum absolute atomic E-state index is 0.00979. The number of rotatable bonds is 6. The van der Waals surface area contributed by atoms with E-state index in [0.717, 1.165) is 29.7 Å². The lowest BCUT2D eigenvalue weighted by Gasteiger charge is -2.32. The number of hydrogen-bond acceptors (Lipinski definition) is 3. The van der Waals surface area contributed by atoms with Crippen molar-refractivity contribution in [3.05, 3.63) is 65.7 Å². The summed E-state index contributed by atoms with van der Waals surface area (Å²) in [5.74, 6) is -0.200. The van der Waals surface area contributed by atoms with Gasteiger partial charge in [-0.2, -0.15) is 0 Å². The maximum Gasteiger partial charge on any atom is 0.321 e. The Hall–Kier alpha value is -2.86. The summed E-state index contributed by atoms with van der Waals surface area (Å²) in [4.78, 5) is 26.9. The molecule has 3 amide bonds. The molecule has 1 fully saturated rings. The standard InChI is InChI=1S/C22H27N3O3/c1-28-16-19-9-6-5-8-17(19)14-23-21(26)18-10-7-13-25(15-18)22(27)24-20-11-3-2-4-12-20/h2-6,8-9,11-12,18H,7,10,13-16H2,1H3,(H,23,26)(H,24,27). The second-order valence-corrected chi connectivity index (χ2v) is 7.00. The molecule has 0 aliphatic carbocycles. The Morgan fingerprint density at radius 3 is 2.54 bits per heavy atom. The van der Waals surface area contributed by atoms with E-state index < -0.39 is 0 Å². The first kappa shape index (κ1) is 19.9. The number of hydrogen-bond donors (Lipinski definition) is 2. The number of para-hydroxylation sites is 1. The first-order chi connectivity index (χ1) is 13.7. The van der Waals surface area contributed by atoms with Gasteiger partial charge in [-0.3, -0.25) is 4.79 Å². The molecule has 6 nitrogen and oxygen atoms in total. The fraction of sp³-hybridized carbons (Fsp3) is 0.364. The van der Waals surface area contributed by atoms with Crippen LogP contribution in [0.5, 0.6) is 0 Å². The van der Waals surface area contributed by atoms with Gasteiger partial charge >= 0.3 is 6.03 Å². The van der Waals surface area contributed by atoms with Crippen LogP contribution in [-0.4, -0.2) is 37.0 Å². The summed E-state index contributed by atoms with van der Waals surface area (Å²) in [6.45, 7) is 2.08. The molecule has 148 valence electrons. The maximum atomic E-state index is 12.7. The Morgan fingerprint density at radius 2 is 1.79 bits per heavy atom. The Balaban J connectivity index is 1.53. The van der Waals surface area contributed by atoms with Gasteiger partial charge in [-0.15, -0.1) is 0 Å². The van der Waals surface area contributed by atoms with Gasteiger partial charge in [0.25, 0.3) is 0 Å². The Bertz CT molecular complexity index is 795.